The lowest BCUT2D eigenvalue weighted by molar-refractivity contribution is 0.628. The van der Waals surface area contributed by atoms with Gasteiger partial charge in [0.2, 0.25) is 0 Å². The molecule has 0 aliphatic heterocycles. The van der Waals surface area contributed by atoms with Crippen LogP contribution in [0.15, 0.2) is 65.8 Å². The lowest BCUT2D eigenvalue weighted by atomic mass is 10.2. The average molecular weight is 313 g/mol. The molecule has 0 atom stereocenters. The summed E-state index contributed by atoms with van der Waals surface area (Å²) < 4.78 is 12.8. The highest BCUT2D eigenvalue weighted by Gasteiger charge is 1.96. The van der Waals surface area contributed by atoms with Crippen molar-refractivity contribution in [3.63, 3.8) is 0 Å². The van der Waals surface area contributed by atoms with E-state index in [1.54, 1.807) is 12.1 Å². The predicted octanol–water partition coefficient (Wildman–Crippen LogP) is 4.20. The molecule has 0 aliphatic carbocycles. The summed E-state index contributed by atoms with van der Waals surface area (Å²) in [5.74, 6) is -0.288. The summed E-state index contributed by atoms with van der Waals surface area (Å²) in [4.78, 5) is 0. The van der Waals surface area contributed by atoms with E-state index in [1.165, 1.54) is 12.1 Å². The molecular formula is C17H16FN3S. The van der Waals surface area contributed by atoms with Gasteiger partial charge in [-0.05, 0) is 55.0 Å². The molecule has 22 heavy (non-hydrogen) atoms. The van der Waals surface area contributed by atoms with Gasteiger partial charge in [0.05, 0.1) is 5.71 Å². The van der Waals surface area contributed by atoms with Gasteiger partial charge in [0.25, 0.3) is 0 Å². The maximum atomic E-state index is 12.8. The number of anilines is 1. The Hall–Kier alpha value is -2.53. The molecule has 0 fully saturated rings. The van der Waals surface area contributed by atoms with E-state index in [9.17, 15) is 4.39 Å². The lowest BCUT2D eigenvalue weighted by Gasteiger charge is -2.07. The van der Waals surface area contributed by atoms with Crippen molar-refractivity contribution in [1.82, 2.24) is 5.43 Å². The largest absolute Gasteiger partial charge is 0.331 e. The molecule has 2 aromatic rings. The standard InChI is InChI=1S/C17H16FN3S/c1-13(7-8-14-5-3-2-4-6-14)20-21-17(22)19-16-11-9-15(18)10-12-16/h2-12H,1H3,(H2,19,21,22). The number of hydrogen-bond acceptors (Lipinski definition) is 2. The van der Waals surface area contributed by atoms with Crippen LogP contribution in [-0.2, 0) is 0 Å². The number of benzene rings is 2. The number of thiocarbonyl (C=S) groups is 1. The zero-order valence-corrected chi connectivity index (χ0v) is 12.9. The quantitative estimate of drug-likeness (QED) is 0.504. The van der Waals surface area contributed by atoms with E-state index in [2.05, 4.69) is 15.8 Å². The Kier molecular flexibility index (Phi) is 5.80. The third kappa shape index (κ3) is 5.46. The molecule has 0 aliphatic rings. The number of nitrogens with zero attached hydrogens (tertiary/aromatic N) is 1. The fraction of sp³-hybridized carbons (Fsp3) is 0.0588. The Morgan fingerprint density at radius 2 is 1.77 bits per heavy atom. The fourth-order valence-corrected chi connectivity index (χ4v) is 1.81. The zero-order chi connectivity index (χ0) is 15.8. The first-order valence-corrected chi connectivity index (χ1v) is 7.14. The molecule has 5 heteroatoms. The van der Waals surface area contributed by atoms with Gasteiger partial charge >= 0.3 is 0 Å². The van der Waals surface area contributed by atoms with Crippen molar-refractivity contribution in [1.29, 1.82) is 0 Å². The minimum atomic E-state index is -0.288. The molecule has 0 heterocycles. The van der Waals surface area contributed by atoms with Crippen molar-refractivity contribution >= 4 is 34.8 Å². The third-order valence-electron chi connectivity index (χ3n) is 2.75. The van der Waals surface area contributed by atoms with Crippen LogP contribution < -0.4 is 10.7 Å². The molecule has 2 aromatic carbocycles. The van der Waals surface area contributed by atoms with Crippen LogP contribution in [-0.4, -0.2) is 10.8 Å². The van der Waals surface area contributed by atoms with Crippen molar-refractivity contribution in [3.8, 4) is 0 Å². The van der Waals surface area contributed by atoms with Crippen LogP contribution in [0.5, 0.6) is 0 Å². The maximum absolute atomic E-state index is 12.8. The van der Waals surface area contributed by atoms with E-state index in [-0.39, 0.29) is 5.82 Å². The van der Waals surface area contributed by atoms with Gasteiger partial charge in [0.15, 0.2) is 5.11 Å². The zero-order valence-electron chi connectivity index (χ0n) is 12.1. The summed E-state index contributed by atoms with van der Waals surface area (Å²) in [7, 11) is 0. The molecule has 0 aromatic heterocycles. The lowest BCUT2D eigenvalue weighted by Crippen LogP contribution is -2.24. The van der Waals surface area contributed by atoms with Crippen molar-refractivity contribution in [2.45, 2.75) is 6.92 Å². The number of hydrogen-bond donors (Lipinski definition) is 2. The first kappa shape index (κ1) is 15.9. The van der Waals surface area contributed by atoms with Crippen LogP contribution in [0.4, 0.5) is 10.1 Å². The van der Waals surface area contributed by atoms with Gasteiger partial charge in [-0.25, -0.2) is 4.39 Å². The van der Waals surface area contributed by atoms with Crippen LogP contribution >= 0.6 is 12.2 Å². The minimum Gasteiger partial charge on any atom is -0.331 e. The van der Waals surface area contributed by atoms with E-state index < -0.39 is 0 Å². The molecule has 3 nitrogen and oxygen atoms in total. The molecule has 0 unspecified atom stereocenters. The van der Waals surface area contributed by atoms with Crippen LogP contribution in [0, 0.1) is 5.82 Å². The summed E-state index contributed by atoms with van der Waals surface area (Å²) >= 11 is 5.12. The summed E-state index contributed by atoms with van der Waals surface area (Å²) in [5, 5.41) is 7.42. The summed E-state index contributed by atoms with van der Waals surface area (Å²) in [5.41, 5.74) is 5.33. The highest BCUT2D eigenvalue weighted by Crippen LogP contribution is 2.07. The van der Waals surface area contributed by atoms with Gasteiger partial charge in [-0.3, -0.25) is 5.43 Å². The number of hydrazone groups is 1. The molecule has 0 saturated carbocycles. The number of allylic oxidation sites excluding steroid dienone is 1. The number of rotatable bonds is 4. The molecule has 0 amide bonds. The third-order valence-corrected chi connectivity index (χ3v) is 2.95. The van der Waals surface area contributed by atoms with Crippen molar-refractivity contribution in [2.75, 3.05) is 5.32 Å². The van der Waals surface area contributed by atoms with Crippen LogP contribution in [0.1, 0.15) is 12.5 Å². The van der Waals surface area contributed by atoms with Gasteiger partial charge < -0.3 is 5.32 Å². The number of halogens is 1. The molecule has 2 rings (SSSR count). The van der Waals surface area contributed by atoms with E-state index in [1.807, 2.05) is 49.4 Å². The topological polar surface area (TPSA) is 36.4 Å². The Bertz CT molecular complexity index is 679. The molecule has 0 bridgehead atoms. The average Bonchev–Trinajstić information content (AvgIpc) is 2.54. The van der Waals surface area contributed by atoms with Crippen molar-refractivity contribution in [2.24, 2.45) is 5.10 Å². The van der Waals surface area contributed by atoms with Crippen LogP contribution in [0.3, 0.4) is 0 Å². The van der Waals surface area contributed by atoms with Crippen LogP contribution in [0.25, 0.3) is 6.08 Å². The normalized spacial score (nSPS) is 11.5. The minimum absolute atomic E-state index is 0.288. The van der Waals surface area contributed by atoms with Gasteiger partial charge in [0, 0.05) is 5.69 Å². The van der Waals surface area contributed by atoms with Gasteiger partial charge in [-0.1, -0.05) is 36.4 Å². The highest BCUT2D eigenvalue weighted by molar-refractivity contribution is 7.80. The summed E-state index contributed by atoms with van der Waals surface area (Å²) in [6.45, 7) is 1.87. The Balaban J connectivity index is 1.86. The number of nitrogens with one attached hydrogen (secondary N) is 2. The molecular weight excluding hydrogens is 297 g/mol. The fourth-order valence-electron chi connectivity index (χ4n) is 1.65. The second-order valence-corrected chi connectivity index (χ2v) is 4.98. The SMILES string of the molecule is CC(C=Cc1ccccc1)=NNC(=S)Nc1ccc(F)cc1. The Morgan fingerprint density at radius 3 is 2.45 bits per heavy atom. The molecule has 0 saturated heterocycles. The summed E-state index contributed by atoms with van der Waals surface area (Å²) in [6.07, 6.45) is 3.86. The van der Waals surface area contributed by atoms with Gasteiger partial charge in [-0.2, -0.15) is 5.10 Å². The van der Waals surface area contributed by atoms with Gasteiger partial charge in [-0.15, -0.1) is 0 Å². The smallest absolute Gasteiger partial charge is 0.191 e. The molecule has 0 radical (unpaired) electrons. The first-order valence-electron chi connectivity index (χ1n) is 6.73. The van der Waals surface area contributed by atoms with E-state index in [0.717, 1.165) is 11.3 Å². The Labute approximate surface area is 134 Å². The van der Waals surface area contributed by atoms with E-state index in [0.29, 0.717) is 10.8 Å². The molecule has 112 valence electrons. The molecule has 0 spiro atoms. The predicted molar refractivity (Wildman–Crippen MR) is 94.3 cm³/mol. The highest BCUT2D eigenvalue weighted by atomic mass is 32.1. The van der Waals surface area contributed by atoms with E-state index >= 15 is 0 Å². The van der Waals surface area contributed by atoms with E-state index in [4.69, 9.17) is 12.2 Å². The molecule has 2 N–H and O–H groups in total. The van der Waals surface area contributed by atoms with Crippen molar-refractivity contribution < 1.29 is 4.39 Å². The summed E-state index contributed by atoms with van der Waals surface area (Å²) in [6, 6.07) is 15.9. The second kappa shape index (κ2) is 8.05. The van der Waals surface area contributed by atoms with Crippen LogP contribution in [0.2, 0.25) is 0 Å². The Morgan fingerprint density at radius 1 is 1.09 bits per heavy atom. The van der Waals surface area contributed by atoms with Gasteiger partial charge in [0.1, 0.15) is 5.82 Å². The maximum Gasteiger partial charge on any atom is 0.191 e. The first-order chi connectivity index (χ1) is 10.6. The van der Waals surface area contributed by atoms with Crippen molar-refractivity contribution in [3.05, 3.63) is 72.1 Å². The second-order valence-electron chi connectivity index (χ2n) is 4.57. The monoisotopic (exact) mass is 313 g/mol.